The first kappa shape index (κ1) is 13.5. The maximum absolute atomic E-state index is 12.8. The predicted octanol–water partition coefficient (Wildman–Crippen LogP) is 2.73. The Morgan fingerprint density at radius 1 is 1.24 bits per heavy atom. The van der Waals surface area contributed by atoms with Gasteiger partial charge < -0.3 is 10.6 Å². The molecule has 5 heteroatoms. The standard InChI is InChI=1S/C16H16FN3O/c17-13-3-1-11(2-4-13)8-19-15-7-12(9-18-10-15)16(21)20-14-5-6-14/h1-4,7,9-10,14,19H,5-6,8H2,(H,20,21). The second-order valence-electron chi connectivity index (χ2n) is 5.19. The van der Waals surface area contributed by atoms with Crippen molar-refractivity contribution in [2.24, 2.45) is 0 Å². The lowest BCUT2D eigenvalue weighted by Crippen LogP contribution is -2.25. The van der Waals surface area contributed by atoms with E-state index in [0.717, 1.165) is 24.1 Å². The number of nitrogens with zero attached hydrogens (tertiary/aromatic N) is 1. The van der Waals surface area contributed by atoms with Crippen LogP contribution in [-0.2, 0) is 6.54 Å². The van der Waals surface area contributed by atoms with Crippen molar-refractivity contribution in [1.29, 1.82) is 0 Å². The summed E-state index contributed by atoms with van der Waals surface area (Å²) < 4.78 is 12.8. The summed E-state index contributed by atoms with van der Waals surface area (Å²) in [6, 6.07) is 8.39. The van der Waals surface area contributed by atoms with Crippen LogP contribution in [0.1, 0.15) is 28.8 Å². The molecule has 0 atom stereocenters. The molecule has 0 unspecified atom stereocenters. The van der Waals surface area contributed by atoms with Gasteiger partial charge in [-0.25, -0.2) is 4.39 Å². The Kier molecular flexibility index (Phi) is 3.81. The third-order valence-electron chi connectivity index (χ3n) is 3.32. The number of amides is 1. The van der Waals surface area contributed by atoms with E-state index in [9.17, 15) is 9.18 Å². The SMILES string of the molecule is O=C(NC1CC1)c1cncc(NCc2ccc(F)cc2)c1. The lowest BCUT2D eigenvalue weighted by molar-refractivity contribution is 0.0950. The van der Waals surface area contributed by atoms with Crippen molar-refractivity contribution in [1.82, 2.24) is 10.3 Å². The minimum absolute atomic E-state index is 0.0876. The monoisotopic (exact) mass is 285 g/mol. The van der Waals surface area contributed by atoms with Crippen molar-refractivity contribution in [2.45, 2.75) is 25.4 Å². The summed E-state index contributed by atoms with van der Waals surface area (Å²) in [5.41, 5.74) is 2.28. The van der Waals surface area contributed by atoms with Crippen LogP contribution >= 0.6 is 0 Å². The summed E-state index contributed by atoms with van der Waals surface area (Å²) in [6.07, 6.45) is 5.33. The molecule has 0 bridgehead atoms. The Balaban J connectivity index is 1.62. The number of hydrogen-bond donors (Lipinski definition) is 2. The number of carbonyl (C=O) groups excluding carboxylic acids is 1. The maximum atomic E-state index is 12.8. The first-order chi connectivity index (χ1) is 10.2. The molecule has 1 aliphatic rings. The van der Waals surface area contributed by atoms with Gasteiger partial charge in [-0.05, 0) is 36.6 Å². The van der Waals surface area contributed by atoms with E-state index in [0.29, 0.717) is 18.2 Å². The Labute approximate surface area is 122 Å². The van der Waals surface area contributed by atoms with E-state index < -0.39 is 0 Å². The minimum Gasteiger partial charge on any atom is -0.380 e. The van der Waals surface area contributed by atoms with Gasteiger partial charge in [-0.3, -0.25) is 9.78 Å². The van der Waals surface area contributed by atoms with E-state index in [1.165, 1.54) is 12.1 Å². The van der Waals surface area contributed by atoms with Crippen LogP contribution in [0.25, 0.3) is 0 Å². The number of nitrogens with one attached hydrogen (secondary N) is 2. The fourth-order valence-electron chi connectivity index (χ4n) is 1.96. The molecule has 1 fully saturated rings. The zero-order chi connectivity index (χ0) is 14.7. The number of benzene rings is 1. The zero-order valence-electron chi connectivity index (χ0n) is 11.5. The second kappa shape index (κ2) is 5.91. The molecule has 108 valence electrons. The fourth-order valence-corrected chi connectivity index (χ4v) is 1.96. The highest BCUT2D eigenvalue weighted by Gasteiger charge is 2.23. The molecule has 1 aromatic heterocycles. The summed E-state index contributed by atoms with van der Waals surface area (Å²) in [5, 5.41) is 6.11. The highest BCUT2D eigenvalue weighted by Crippen LogP contribution is 2.19. The van der Waals surface area contributed by atoms with Crippen LogP contribution in [0.5, 0.6) is 0 Å². The Hall–Kier alpha value is -2.43. The number of rotatable bonds is 5. The van der Waals surface area contributed by atoms with Crippen molar-refractivity contribution < 1.29 is 9.18 Å². The van der Waals surface area contributed by atoms with E-state index >= 15 is 0 Å². The first-order valence-corrected chi connectivity index (χ1v) is 6.95. The lowest BCUT2D eigenvalue weighted by Gasteiger charge is -2.08. The van der Waals surface area contributed by atoms with Gasteiger partial charge in [0.15, 0.2) is 0 Å². The van der Waals surface area contributed by atoms with Gasteiger partial charge in [0.2, 0.25) is 0 Å². The number of hydrogen-bond acceptors (Lipinski definition) is 3. The molecule has 0 saturated heterocycles. The van der Waals surface area contributed by atoms with Gasteiger partial charge in [0.25, 0.3) is 5.91 Å². The summed E-state index contributed by atoms with van der Waals surface area (Å²) >= 11 is 0. The highest BCUT2D eigenvalue weighted by molar-refractivity contribution is 5.95. The van der Waals surface area contributed by atoms with Crippen LogP contribution in [0.15, 0.2) is 42.7 Å². The molecule has 2 aromatic rings. The van der Waals surface area contributed by atoms with Crippen LogP contribution in [0, 0.1) is 5.82 Å². The Bertz CT molecular complexity index is 638. The molecule has 0 aliphatic heterocycles. The number of pyridine rings is 1. The van der Waals surface area contributed by atoms with Gasteiger partial charge in [-0.2, -0.15) is 0 Å². The highest BCUT2D eigenvalue weighted by atomic mass is 19.1. The largest absolute Gasteiger partial charge is 0.380 e. The van der Waals surface area contributed by atoms with E-state index in [2.05, 4.69) is 15.6 Å². The van der Waals surface area contributed by atoms with Crippen LogP contribution in [0.2, 0.25) is 0 Å². The summed E-state index contributed by atoms with van der Waals surface area (Å²) in [5.74, 6) is -0.338. The molecule has 1 amide bonds. The minimum atomic E-state index is -0.251. The van der Waals surface area contributed by atoms with Gasteiger partial charge in [-0.1, -0.05) is 12.1 Å². The smallest absolute Gasteiger partial charge is 0.253 e. The molecular formula is C16H16FN3O. The van der Waals surface area contributed by atoms with Crippen molar-refractivity contribution in [2.75, 3.05) is 5.32 Å². The van der Waals surface area contributed by atoms with Gasteiger partial charge in [0.1, 0.15) is 5.82 Å². The van der Waals surface area contributed by atoms with Crippen molar-refractivity contribution >= 4 is 11.6 Å². The predicted molar refractivity (Wildman–Crippen MR) is 78.5 cm³/mol. The molecule has 1 heterocycles. The molecule has 21 heavy (non-hydrogen) atoms. The second-order valence-corrected chi connectivity index (χ2v) is 5.19. The van der Waals surface area contributed by atoms with Crippen LogP contribution in [0.3, 0.4) is 0 Å². The molecule has 1 aromatic carbocycles. The van der Waals surface area contributed by atoms with Crippen LogP contribution < -0.4 is 10.6 Å². The van der Waals surface area contributed by atoms with Gasteiger partial charge in [-0.15, -0.1) is 0 Å². The number of anilines is 1. The summed E-state index contributed by atoms with van der Waals surface area (Å²) in [4.78, 5) is 16.0. The quantitative estimate of drug-likeness (QED) is 0.888. The van der Waals surface area contributed by atoms with E-state index in [-0.39, 0.29) is 11.7 Å². The van der Waals surface area contributed by atoms with E-state index in [1.54, 1.807) is 30.6 Å². The normalized spacial score (nSPS) is 13.8. The number of aromatic nitrogens is 1. The average molecular weight is 285 g/mol. The molecule has 0 radical (unpaired) electrons. The lowest BCUT2D eigenvalue weighted by atomic mass is 10.2. The maximum Gasteiger partial charge on any atom is 0.253 e. The first-order valence-electron chi connectivity index (χ1n) is 6.95. The van der Waals surface area contributed by atoms with Crippen molar-refractivity contribution in [3.8, 4) is 0 Å². The molecule has 1 aliphatic carbocycles. The third-order valence-corrected chi connectivity index (χ3v) is 3.32. The van der Waals surface area contributed by atoms with Gasteiger partial charge in [0.05, 0.1) is 11.3 Å². The van der Waals surface area contributed by atoms with Crippen molar-refractivity contribution in [3.63, 3.8) is 0 Å². The molecule has 1 saturated carbocycles. The Morgan fingerprint density at radius 3 is 2.71 bits per heavy atom. The van der Waals surface area contributed by atoms with Crippen LogP contribution in [0.4, 0.5) is 10.1 Å². The van der Waals surface area contributed by atoms with Gasteiger partial charge >= 0.3 is 0 Å². The van der Waals surface area contributed by atoms with Crippen molar-refractivity contribution in [3.05, 3.63) is 59.7 Å². The third kappa shape index (κ3) is 3.78. The topological polar surface area (TPSA) is 54.0 Å². The fraction of sp³-hybridized carbons (Fsp3) is 0.250. The van der Waals surface area contributed by atoms with Gasteiger partial charge in [0, 0.05) is 25.0 Å². The van der Waals surface area contributed by atoms with E-state index in [1.807, 2.05) is 0 Å². The van der Waals surface area contributed by atoms with Crippen LogP contribution in [-0.4, -0.2) is 16.9 Å². The number of halogens is 1. The summed E-state index contributed by atoms with van der Waals surface area (Å²) in [7, 11) is 0. The number of carbonyl (C=O) groups is 1. The molecular weight excluding hydrogens is 269 g/mol. The zero-order valence-corrected chi connectivity index (χ0v) is 11.5. The van der Waals surface area contributed by atoms with E-state index in [4.69, 9.17) is 0 Å². The molecule has 2 N–H and O–H groups in total. The molecule has 4 nitrogen and oxygen atoms in total. The molecule has 3 rings (SSSR count). The average Bonchev–Trinajstić information content (AvgIpc) is 3.31. The molecule has 0 spiro atoms. The summed E-state index contributed by atoms with van der Waals surface area (Å²) in [6.45, 7) is 0.551. The Morgan fingerprint density at radius 2 is 2.00 bits per heavy atom.